The molecule has 1 saturated heterocycles. The van der Waals surface area contributed by atoms with Gasteiger partial charge in [-0.2, -0.15) is 13.2 Å². The van der Waals surface area contributed by atoms with Gasteiger partial charge in [-0.1, -0.05) is 0 Å². The number of nitrogens with one attached hydrogen (secondary N) is 1. The minimum atomic E-state index is -4.14. The Morgan fingerprint density at radius 1 is 1.26 bits per heavy atom. The summed E-state index contributed by atoms with van der Waals surface area (Å²) in [7, 11) is 1.85. The third-order valence-electron chi connectivity index (χ3n) is 3.76. The summed E-state index contributed by atoms with van der Waals surface area (Å²) in [6.45, 7) is 5.28. The molecule has 0 aromatic heterocycles. The third kappa shape index (κ3) is 5.67. The maximum Gasteiger partial charge on any atom is 0.401 e. The van der Waals surface area contributed by atoms with Crippen LogP contribution in [0.25, 0.3) is 0 Å². The Kier molecular flexibility index (Phi) is 6.08. The third-order valence-corrected chi connectivity index (χ3v) is 3.76. The summed E-state index contributed by atoms with van der Waals surface area (Å²) in [4.78, 5) is 1.53. The maximum absolute atomic E-state index is 12.6. The van der Waals surface area contributed by atoms with E-state index >= 15 is 0 Å². The molecule has 3 nitrogen and oxygen atoms in total. The minimum Gasteiger partial charge on any atom is -0.381 e. The van der Waals surface area contributed by atoms with Crippen LogP contribution in [0.4, 0.5) is 13.2 Å². The number of hydrogen-bond donors (Lipinski definition) is 1. The molecule has 1 heterocycles. The van der Waals surface area contributed by atoms with Crippen LogP contribution in [0.1, 0.15) is 26.7 Å². The van der Waals surface area contributed by atoms with E-state index in [1.54, 1.807) is 0 Å². The number of nitrogens with zero attached hydrogens (tertiary/aromatic N) is 1. The van der Waals surface area contributed by atoms with Gasteiger partial charge in [0.05, 0.1) is 6.54 Å². The van der Waals surface area contributed by atoms with Gasteiger partial charge in [-0.15, -0.1) is 0 Å². The van der Waals surface area contributed by atoms with E-state index in [1.807, 2.05) is 20.9 Å². The van der Waals surface area contributed by atoms with Gasteiger partial charge in [0.15, 0.2) is 0 Å². The summed E-state index contributed by atoms with van der Waals surface area (Å²) < 4.78 is 43.3. The Labute approximate surface area is 113 Å². The van der Waals surface area contributed by atoms with Crippen molar-refractivity contribution in [2.24, 2.45) is 5.41 Å². The van der Waals surface area contributed by atoms with Crippen LogP contribution in [-0.4, -0.2) is 57.0 Å². The van der Waals surface area contributed by atoms with Crippen molar-refractivity contribution >= 4 is 0 Å². The SMILES string of the molecule is CNCC1(CN(CC(F)(F)F)C(C)C)CCOCC1. The first-order valence-electron chi connectivity index (χ1n) is 6.81. The van der Waals surface area contributed by atoms with Gasteiger partial charge in [0.1, 0.15) is 0 Å². The van der Waals surface area contributed by atoms with Gasteiger partial charge in [-0.3, -0.25) is 4.90 Å². The van der Waals surface area contributed by atoms with Crippen LogP contribution in [0.15, 0.2) is 0 Å². The zero-order valence-corrected chi connectivity index (χ0v) is 12.0. The van der Waals surface area contributed by atoms with Crippen molar-refractivity contribution in [3.8, 4) is 0 Å². The minimum absolute atomic E-state index is 0.109. The molecule has 1 rings (SSSR count). The fourth-order valence-electron chi connectivity index (χ4n) is 2.65. The quantitative estimate of drug-likeness (QED) is 0.809. The summed E-state index contributed by atoms with van der Waals surface area (Å²) in [6.07, 6.45) is -2.51. The van der Waals surface area contributed by atoms with Crippen LogP contribution in [0.2, 0.25) is 0 Å². The number of ether oxygens (including phenoxy) is 1. The van der Waals surface area contributed by atoms with Crippen molar-refractivity contribution in [3.05, 3.63) is 0 Å². The topological polar surface area (TPSA) is 24.5 Å². The van der Waals surface area contributed by atoms with Gasteiger partial charge in [0.2, 0.25) is 0 Å². The number of rotatable bonds is 6. The van der Waals surface area contributed by atoms with E-state index in [4.69, 9.17) is 4.74 Å². The second kappa shape index (κ2) is 6.90. The molecule has 1 aliphatic rings. The van der Waals surface area contributed by atoms with Crippen molar-refractivity contribution in [2.75, 3.05) is 39.9 Å². The molecule has 0 amide bonds. The van der Waals surface area contributed by atoms with Crippen molar-refractivity contribution in [2.45, 2.75) is 38.9 Å². The van der Waals surface area contributed by atoms with Gasteiger partial charge in [0.25, 0.3) is 0 Å². The highest BCUT2D eigenvalue weighted by atomic mass is 19.4. The molecule has 0 unspecified atom stereocenters. The van der Waals surface area contributed by atoms with Crippen LogP contribution in [0.5, 0.6) is 0 Å². The lowest BCUT2D eigenvalue weighted by Gasteiger charge is -2.42. The number of hydrogen-bond acceptors (Lipinski definition) is 3. The van der Waals surface area contributed by atoms with Gasteiger partial charge < -0.3 is 10.1 Å². The zero-order chi connectivity index (χ0) is 14.5. The van der Waals surface area contributed by atoms with Crippen molar-refractivity contribution < 1.29 is 17.9 Å². The van der Waals surface area contributed by atoms with Gasteiger partial charge >= 0.3 is 6.18 Å². The highest BCUT2D eigenvalue weighted by Crippen LogP contribution is 2.32. The molecule has 0 aromatic rings. The Morgan fingerprint density at radius 2 is 1.84 bits per heavy atom. The lowest BCUT2D eigenvalue weighted by molar-refractivity contribution is -0.155. The molecule has 0 aromatic carbocycles. The molecule has 19 heavy (non-hydrogen) atoms. The molecule has 6 heteroatoms. The largest absolute Gasteiger partial charge is 0.401 e. The molecule has 1 fully saturated rings. The van der Waals surface area contributed by atoms with Crippen LogP contribution in [-0.2, 0) is 4.74 Å². The molecule has 1 aliphatic heterocycles. The molecule has 114 valence electrons. The van der Waals surface area contributed by atoms with E-state index in [0.717, 1.165) is 19.4 Å². The summed E-state index contributed by atoms with van der Waals surface area (Å²) in [5.41, 5.74) is -0.109. The number of alkyl halides is 3. The monoisotopic (exact) mass is 282 g/mol. The molecular weight excluding hydrogens is 257 g/mol. The predicted octanol–water partition coefficient (Wildman–Crippen LogP) is 2.28. The molecule has 0 saturated carbocycles. The van der Waals surface area contributed by atoms with E-state index in [0.29, 0.717) is 19.8 Å². The van der Waals surface area contributed by atoms with Crippen LogP contribution in [0, 0.1) is 5.41 Å². The van der Waals surface area contributed by atoms with E-state index in [1.165, 1.54) is 4.90 Å². The fourth-order valence-corrected chi connectivity index (χ4v) is 2.65. The van der Waals surface area contributed by atoms with Crippen molar-refractivity contribution in [3.63, 3.8) is 0 Å². The van der Waals surface area contributed by atoms with E-state index in [9.17, 15) is 13.2 Å². The van der Waals surface area contributed by atoms with Crippen molar-refractivity contribution in [1.82, 2.24) is 10.2 Å². The second-order valence-corrected chi connectivity index (χ2v) is 5.76. The molecule has 1 N–H and O–H groups in total. The Hall–Kier alpha value is -0.330. The molecule has 0 atom stereocenters. The molecular formula is C13H25F3N2O. The average Bonchev–Trinajstić information content (AvgIpc) is 2.27. The van der Waals surface area contributed by atoms with Crippen LogP contribution >= 0.6 is 0 Å². The van der Waals surface area contributed by atoms with E-state index < -0.39 is 12.7 Å². The van der Waals surface area contributed by atoms with E-state index in [2.05, 4.69) is 5.32 Å². The first kappa shape index (κ1) is 16.7. The number of halogens is 3. The molecule has 0 radical (unpaired) electrons. The normalized spacial score (nSPS) is 20.2. The van der Waals surface area contributed by atoms with Crippen LogP contribution in [0.3, 0.4) is 0 Å². The Morgan fingerprint density at radius 3 is 2.26 bits per heavy atom. The van der Waals surface area contributed by atoms with Gasteiger partial charge in [-0.05, 0) is 39.2 Å². The second-order valence-electron chi connectivity index (χ2n) is 5.76. The van der Waals surface area contributed by atoms with Crippen molar-refractivity contribution in [1.29, 1.82) is 0 Å². The fraction of sp³-hybridized carbons (Fsp3) is 1.00. The van der Waals surface area contributed by atoms with Crippen LogP contribution < -0.4 is 5.32 Å². The predicted molar refractivity (Wildman–Crippen MR) is 69.2 cm³/mol. The highest BCUT2D eigenvalue weighted by Gasteiger charge is 2.38. The summed E-state index contributed by atoms with van der Waals surface area (Å²) in [5.74, 6) is 0. The van der Waals surface area contributed by atoms with Gasteiger partial charge in [0, 0.05) is 32.3 Å². The first-order valence-corrected chi connectivity index (χ1v) is 6.81. The lowest BCUT2D eigenvalue weighted by Crippen LogP contribution is -2.50. The highest BCUT2D eigenvalue weighted by molar-refractivity contribution is 4.88. The molecule has 0 aliphatic carbocycles. The smallest absolute Gasteiger partial charge is 0.381 e. The molecule has 0 spiro atoms. The maximum atomic E-state index is 12.6. The lowest BCUT2D eigenvalue weighted by atomic mass is 9.79. The zero-order valence-electron chi connectivity index (χ0n) is 12.0. The standard InChI is InChI=1S/C13H25F3N2O/c1-11(2)18(10-13(14,15)16)9-12(8-17-3)4-6-19-7-5-12/h11,17H,4-10H2,1-3H3. The average molecular weight is 282 g/mol. The Balaban J connectivity index is 2.72. The summed E-state index contributed by atoms with van der Waals surface area (Å²) in [6, 6.07) is -0.113. The molecule has 0 bridgehead atoms. The van der Waals surface area contributed by atoms with Gasteiger partial charge in [-0.25, -0.2) is 0 Å². The summed E-state index contributed by atoms with van der Waals surface area (Å²) >= 11 is 0. The summed E-state index contributed by atoms with van der Waals surface area (Å²) in [5, 5.41) is 3.12. The van der Waals surface area contributed by atoms with E-state index in [-0.39, 0.29) is 11.5 Å². The first-order chi connectivity index (χ1) is 8.78. The Bertz CT molecular complexity index is 258.